The maximum absolute atomic E-state index is 13.4. The standard InChI is InChI=1S/C13H10ClFO4/c1-7-9(13(16)17)5-8(19-7)6-18-12-10(14)3-2-4-11(12)15/h2-5H,6H2,1H3,(H,16,17). The van der Waals surface area contributed by atoms with Gasteiger partial charge in [0.15, 0.2) is 11.6 Å². The summed E-state index contributed by atoms with van der Waals surface area (Å²) in [6.07, 6.45) is 0. The van der Waals surface area contributed by atoms with Gasteiger partial charge in [0.25, 0.3) is 0 Å². The molecule has 1 heterocycles. The quantitative estimate of drug-likeness (QED) is 0.931. The van der Waals surface area contributed by atoms with Crippen LogP contribution in [0.25, 0.3) is 0 Å². The molecular weight excluding hydrogens is 275 g/mol. The van der Waals surface area contributed by atoms with Crippen molar-refractivity contribution in [3.05, 3.63) is 52.2 Å². The van der Waals surface area contributed by atoms with Crippen molar-refractivity contribution in [3.63, 3.8) is 0 Å². The highest BCUT2D eigenvalue weighted by Crippen LogP contribution is 2.28. The molecule has 0 aliphatic rings. The molecule has 1 N–H and O–H groups in total. The zero-order valence-corrected chi connectivity index (χ0v) is 10.7. The molecule has 0 saturated heterocycles. The fourth-order valence-corrected chi connectivity index (χ4v) is 1.81. The summed E-state index contributed by atoms with van der Waals surface area (Å²) < 4.78 is 23.8. The van der Waals surface area contributed by atoms with Crippen molar-refractivity contribution in [2.75, 3.05) is 0 Å². The van der Waals surface area contributed by atoms with Gasteiger partial charge in [-0.05, 0) is 25.1 Å². The van der Waals surface area contributed by atoms with Gasteiger partial charge in [0.1, 0.15) is 23.7 Å². The molecule has 2 aromatic rings. The van der Waals surface area contributed by atoms with E-state index in [1.165, 1.54) is 31.2 Å². The number of aryl methyl sites for hydroxylation is 1. The van der Waals surface area contributed by atoms with Gasteiger partial charge in [0, 0.05) is 0 Å². The van der Waals surface area contributed by atoms with Gasteiger partial charge < -0.3 is 14.3 Å². The van der Waals surface area contributed by atoms with Gasteiger partial charge in [-0.1, -0.05) is 17.7 Å². The largest absolute Gasteiger partial charge is 0.481 e. The monoisotopic (exact) mass is 284 g/mol. The molecule has 6 heteroatoms. The van der Waals surface area contributed by atoms with E-state index in [1.807, 2.05) is 0 Å². The third-order valence-corrected chi connectivity index (χ3v) is 2.77. The van der Waals surface area contributed by atoms with E-state index < -0.39 is 11.8 Å². The van der Waals surface area contributed by atoms with Gasteiger partial charge in [0.2, 0.25) is 0 Å². The molecule has 0 fully saturated rings. The average molecular weight is 285 g/mol. The summed E-state index contributed by atoms with van der Waals surface area (Å²) in [7, 11) is 0. The number of rotatable bonds is 4. The van der Waals surface area contributed by atoms with E-state index in [2.05, 4.69) is 0 Å². The van der Waals surface area contributed by atoms with Gasteiger partial charge in [-0.15, -0.1) is 0 Å². The summed E-state index contributed by atoms with van der Waals surface area (Å²) in [4.78, 5) is 10.8. The number of hydrogen-bond acceptors (Lipinski definition) is 3. The first-order valence-corrected chi connectivity index (χ1v) is 5.76. The van der Waals surface area contributed by atoms with Crippen LogP contribution in [0.1, 0.15) is 21.9 Å². The minimum atomic E-state index is -1.09. The van der Waals surface area contributed by atoms with E-state index >= 15 is 0 Å². The first kappa shape index (κ1) is 13.4. The molecule has 0 atom stereocenters. The lowest BCUT2D eigenvalue weighted by atomic mass is 10.2. The zero-order chi connectivity index (χ0) is 14.0. The van der Waals surface area contributed by atoms with Crippen LogP contribution in [0.2, 0.25) is 5.02 Å². The van der Waals surface area contributed by atoms with Gasteiger partial charge in [0.05, 0.1) is 5.02 Å². The smallest absolute Gasteiger partial charge is 0.339 e. The van der Waals surface area contributed by atoms with Crippen LogP contribution in [-0.4, -0.2) is 11.1 Å². The van der Waals surface area contributed by atoms with Gasteiger partial charge >= 0.3 is 5.97 Å². The average Bonchev–Trinajstić information content (AvgIpc) is 2.70. The second-order valence-electron chi connectivity index (χ2n) is 3.83. The molecule has 4 nitrogen and oxygen atoms in total. The Morgan fingerprint density at radius 1 is 1.53 bits per heavy atom. The number of hydrogen-bond donors (Lipinski definition) is 1. The maximum atomic E-state index is 13.4. The molecule has 1 aromatic heterocycles. The van der Waals surface area contributed by atoms with E-state index in [0.29, 0.717) is 0 Å². The summed E-state index contributed by atoms with van der Waals surface area (Å²) in [5.74, 6) is -1.21. The topological polar surface area (TPSA) is 59.7 Å². The van der Waals surface area contributed by atoms with Crippen LogP contribution in [0.5, 0.6) is 5.75 Å². The Hall–Kier alpha value is -2.01. The van der Waals surface area contributed by atoms with Crippen molar-refractivity contribution < 1.29 is 23.4 Å². The Labute approximate surface area is 113 Å². The van der Waals surface area contributed by atoms with Crippen molar-refractivity contribution in [2.24, 2.45) is 0 Å². The molecule has 2 rings (SSSR count). The lowest BCUT2D eigenvalue weighted by molar-refractivity contribution is 0.0695. The zero-order valence-electron chi connectivity index (χ0n) is 9.94. The van der Waals surface area contributed by atoms with Crippen LogP contribution in [-0.2, 0) is 6.61 Å². The second kappa shape index (κ2) is 5.32. The predicted octanol–water partition coefficient (Wildman–Crippen LogP) is 3.66. The van der Waals surface area contributed by atoms with Crippen molar-refractivity contribution >= 4 is 17.6 Å². The Bertz CT molecular complexity index is 601. The number of halogens is 2. The molecule has 1 aromatic carbocycles. The third-order valence-electron chi connectivity index (χ3n) is 2.48. The minimum Gasteiger partial charge on any atom is -0.481 e. The Morgan fingerprint density at radius 2 is 2.26 bits per heavy atom. The molecular formula is C13H10ClFO4. The third kappa shape index (κ3) is 2.88. The lowest BCUT2D eigenvalue weighted by Gasteiger charge is -2.06. The van der Waals surface area contributed by atoms with E-state index in [4.69, 9.17) is 25.9 Å². The molecule has 0 bridgehead atoms. The highest BCUT2D eigenvalue weighted by Gasteiger charge is 2.15. The van der Waals surface area contributed by atoms with Crippen LogP contribution < -0.4 is 4.74 Å². The second-order valence-corrected chi connectivity index (χ2v) is 4.23. The first-order chi connectivity index (χ1) is 8.99. The number of para-hydroxylation sites is 1. The molecule has 19 heavy (non-hydrogen) atoms. The Balaban J connectivity index is 2.15. The van der Waals surface area contributed by atoms with Crippen LogP contribution in [0, 0.1) is 12.7 Å². The van der Waals surface area contributed by atoms with Crippen LogP contribution in [0.3, 0.4) is 0 Å². The number of carbonyl (C=O) groups is 1. The molecule has 0 spiro atoms. The number of carboxylic acids is 1. The minimum absolute atomic E-state index is 0.0539. The maximum Gasteiger partial charge on any atom is 0.339 e. The molecule has 100 valence electrons. The number of ether oxygens (including phenoxy) is 1. The van der Waals surface area contributed by atoms with E-state index in [-0.39, 0.29) is 34.5 Å². The summed E-state index contributed by atoms with van der Waals surface area (Å²) in [6.45, 7) is 1.43. The molecule has 0 radical (unpaired) electrons. The Kier molecular flexibility index (Phi) is 3.76. The first-order valence-electron chi connectivity index (χ1n) is 5.38. The van der Waals surface area contributed by atoms with Crippen LogP contribution >= 0.6 is 11.6 Å². The molecule has 0 amide bonds. The SMILES string of the molecule is Cc1oc(COc2c(F)cccc2Cl)cc1C(=O)O. The normalized spacial score (nSPS) is 10.5. The number of carboxylic acid groups (broad SMARTS) is 1. The Morgan fingerprint density at radius 3 is 2.84 bits per heavy atom. The van der Waals surface area contributed by atoms with Crippen LogP contribution in [0.4, 0.5) is 4.39 Å². The summed E-state index contributed by atoms with van der Waals surface area (Å²) in [5.41, 5.74) is 0.0539. The summed E-state index contributed by atoms with van der Waals surface area (Å²) in [6, 6.07) is 5.52. The van der Waals surface area contributed by atoms with Crippen LogP contribution in [0.15, 0.2) is 28.7 Å². The summed E-state index contributed by atoms with van der Waals surface area (Å²) >= 11 is 5.79. The highest BCUT2D eigenvalue weighted by atomic mass is 35.5. The molecule has 0 saturated carbocycles. The van der Waals surface area contributed by atoms with Gasteiger partial charge in [-0.3, -0.25) is 0 Å². The van der Waals surface area contributed by atoms with E-state index in [9.17, 15) is 9.18 Å². The molecule has 0 aliphatic carbocycles. The van der Waals surface area contributed by atoms with Crippen molar-refractivity contribution in [1.29, 1.82) is 0 Å². The van der Waals surface area contributed by atoms with E-state index in [1.54, 1.807) is 0 Å². The van der Waals surface area contributed by atoms with Crippen molar-refractivity contribution in [1.82, 2.24) is 0 Å². The van der Waals surface area contributed by atoms with Crippen molar-refractivity contribution in [2.45, 2.75) is 13.5 Å². The molecule has 0 aliphatic heterocycles. The number of benzene rings is 1. The van der Waals surface area contributed by atoms with Gasteiger partial charge in [-0.2, -0.15) is 0 Å². The highest BCUT2D eigenvalue weighted by molar-refractivity contribution is 6.32. The van der Waals surface area contributed by atoms with Crippen molar-refractivity contribution in [3.8, 4) is 5.75 Å². The van der Waals surface area contributed by atoms with E-state index in [0.717, 1.165) is 0 Å². The summed E-state index contributed by atoms with van der Waals surface area (Å²) in [5, 5.41) is 9.01. The predicted molar refractivity (Wildman–Crippen MR) is 66.1 cm³/mol. The van der Waals surface area contributed by atoms with Gasteiger partial charge in [-0.25, -0.2) is 9.18 Å². The number of aromatic carboxylic acids is 1. The fraction of sp³-hybridized carbons (Fsp3) is 0.154. The number of furan rings is 1. The fourth-order valence-electron chi connectivity index (χ4n) is 1.59. The lowest BCUT2D eigenvalue weighted by Crippen LogP contribution is -1.97. The molecule has 0 unspecified atom stereocenters.